The second-order valence-electron chi connectivity index (χ2n) is 3.64. The Balaban J connectivity index is 2.60. The second-order valence-corrected chi connectivity index (χ2v) is 3.64. The van der Waals surface area contributed by atoms with Gasteiger partial charge in [0.15, 0.2) is 0 Å². The first kappa shape index (κ1) is 10.4. The van der Waals surface area contributed by atoms with Gasteiger partial charge in [0.05, 0.1) is 11.2 Å². The average Bonchev–Trinajstić information content (AvgIpc) is 2.15. The highest BCUT2D eigenvalue weighted by atomic mass is 16.2. The van der Waals surface area contributed by atoms with Crippen molar-refractivity contribution in [3.05, 3.63) is 29.5 Å². The topological polar surface area (TPSA) is 80.9 Å². The molecule has 5 nitrogen and oxygen atoms in total. The molecular formula is C11H12N4O. The van der Waals surface area contributed by atoms with Crippen LogP contribution in [0.25, 0.3) is 10.9 Å². The number of carbonyl (C=O) groups is 1. The number of hydrogen-bond donors (Lipinski definition) is 2. The van der Waals surface area contributed by atoms with Crippen LogP contribution in [-0.4, -0.2) is 16.0 Å². The van der Waals surface area contributed by atoms with E-state index in [0.717, 1.165) is 22.2 Å². The highest BCUT2D eigenvalue weighted by molar-refractivity contribution is 5.88. The van der Waals surface area contributed by atoms with E-state index in [1.54, 1.807) is 0 Å². The fourth-order valence-electron chi connectivity index (χ4n) is 1.56. The standard InChI is InChI=1S/C11H12N4O/c1-6-3-4-8-7(2)13-11(15-10(12)16)14-9(8)5-6/h3-5H,1-2H3,(H3,12,13,14,15,16). The number of amides is 2. The molecule has 0 aliphatic heterocycles. The Bertz CT molecular complexity index is 565. The lowest BCUT2D eigenvalue weighted by Gasteiger charge is -2.05. The van der Waals surface area contributed by atoms with Crippen molar-refractivity contribution in [2.45, 2.75) is 13.8 Å². The smallest absolute Gasteiger partial charge is 0.319 e. The maximum absolute atomic E-state index is 10.7. The monoisotopic (exact) mass is 216 g/mol. The lowest BCUT2D eigenvalue weighted by atomic mass is 10.1. The first-order valence-corrected chi connectivity index (χ1v) is 4.88. The summed E-state index contributed by atoms with van der Waals surface area (Å²) in [4.78, 5) is 19.1. The summed E-state index contributed by atoms with van der Waals surface area (Å²) in [6.45, 7) is 3.85. The van der Waals surface area contributed by atoms with Crippen LogP contribution < -0.4 is 11.1 Å². The molecule has 0 radical (unpaired) electrons. The van der Waals surface area contributed by atoms with Crippen molar-refractivity contribution in [2.24, 2.45) is 5.73 Å². The molecule has 0 bridgehead atoms. The first-order chi connectivity index (χ1) is 7.56. The minimum absolute atomic E-state index is 0.239. The molecule has 3 N–H and O–H groups in total. The number of nitrogens with one attached hydrogen (secondary N) is 1. The van der Waals surface area contributed by atoms with E-state index in [9.17, 15) is 4.79 Å². The Morgan fingerprint density at radius 1 is 1.31 bits per heavy atom. The van der Waals surface area contributed by atoms with E-state index in [2.05, 4.69) is 15.3 Å². The normalized spacial score (nSPS) is 10.4. The Labute approximate surface area is 92.7 Å². The van der Waals surface area contributed by atoms with Gasteiger partial charge in [-0.2, -0.15) is 0 Å². The number of benzene rings is 1. The summed E-state index contributed by atoms with van der Waals surface area (Å²) in [5.74, 6) is 0.239. The van der Waals surface area contributed by atoms with E-state index < -0.39 is 6.03 Å². The average molecular weight is 216 g/mol. The summed E-state index contributed by atoms with van der Waals surface area (Å²) < 4.78 is 0. The molecule has 2 rings (SSSR count). The van der Waals surface area contributed by atoms with Gasteiger partial charge in [-0.25, -0.2) is 14.8 Å². The number of carbonyl (C=O) groups excluding carboxylic acids is 1. The van der Waals surface area contributed by atoms with Gasteiger partial charge in [-0.15, -0.1) is 0 Å². The van der Waals surface area contributed by atoms with E-state index in [-0.39, 0.29) is 5.95 Å². The van der Waals surface area contributed by atoms with Crippen LogP contribution in [0.3, 0.4) is 0 Å². The first-order valence-electron chi connectivity index (χ1n) is 4.88. The molecule has 2 aromatic rings. The lowest BCUT2D eigenvalue weighted by Crippen LogP contribution is -2.21. The predicted octanol–water partition coefficient (Wildman–Crippen LogP) is 1.74. The molecule has 1 aromatic heterocycles. The van der Waals surface area contributed by atoms with E-state index >= 15 is 0 Å². The van der Waals surface area contributed by atoms with Gasteiger partial charge in [0.25, 0.3) is 0 Å². The largest absolute Gasteiger partial charge is 0.351 e. The number of rotatable bonds is 1. The van der Waals surface area contributed by atoms with Gasteiger partial charge >= 0.3 is 6.03 Å². The molecule has 5 heteroatoms. The number of fused-ring (bicyclic) bond motifs is 1. The van der Waals surface area contributed by atoms with Gasteiger partial charge in [-0.05, 0) is 25.5 Å². The Kier molecular flexibility index (Phi) is 2.44. The molecule has 0 aliphatic carbocycles. The molecule has 1 heterocycles. The van der Waals surface area contributed by atoms with Crippen LogP contribution in [-0.2, 0) is 0 Å². The third-order valence-electron chi connectivity index (χ3n) is 2.28. The second kappa shape index (κ2) is 3.77. The number of urea groups is 1. The summed E-state index contributed by atoms with van der Waals surface area (Å²) in [5.41, 5.74) is 7.74. The third kappa shape index (κ3) is 1.93. The summed E-state index contributed by atoms with van der Waals surface area (Å²) in [5, 5.41) is 3.35. The van der Waals surface area contributed by atoms with E-state index in [1.807, 2.05) is 32.0 Å². The number of aryl methyl sites for hydroxylation is 2. The molecule has 0 unspecified atom stereocenters. The van der Waals surface area contributed by atoms with Crippen molar-refractivity contribution in [2.75, 3.05) is 5.32 Å². The van der Waals surface area contributed by atoms with Crippen molar-refractivity contribution in [1.82, 2.24) is 9.97 Å². The molecule has 1 aromatic carbocycles. The minimum atomic E-state index is -0.661. The van der Waals surface area contributed by atoms with Crippen LogP contribution in [0.2, 0.25) is 0 Å². The molecule has 16 heavy (non-hydrogen) atoms. The molecule has 0 aliphatic rings. The maximum atomic E-state index is 10.7. The Hall–Kier alpha value is -2.17. The minimum Gasteiger partial charge on any atom is -0.351 e. The van der Waals surface area contributed by atoms with Crippen LogP contribution in [0.1, 0.15) is 11.3 Å². The molecule has 2 amide bonds. The predicted molar refractivity (Wildman–Crippen MR) is 62.2 cm³/mol. The molecule has 0 atom stereocenters. The van der Waals surface area contributed by atoms with E-state index in [0.29, 0.717) is 0 Å². The number of hydrogen-bond acceptors (Lipinski definition) is 3. The van der Waals surface area contributed by atoms with Gasteiger partial charge in [0, 0.05) is 5.39 Å². The fraction of sp³-hybridized carbons (Fsp3) is 0.182. The highest BCUT2D eigenvalue weighted by Crippen LogP contribution is 2.18. The third-order valence-corrected chi connectivity index (χ3v) is 2.28. The van der Waals surface area contributed by atoms with Gasteiger partial charge in [0.2, 0.25) is 5.95 Å². The summed E-state index contributed by atoms with van der Waals surface area (Å²) in [7, 11) is 0. The zero-order valence-electron chi connectivity index (χ0n) is 9.11. The number of primary amides is 1. The van der Waals surface area contributed by atoms with Crippen LogP contribution in [0.4, 0.5) is 10.7 Å². The van der Waals surface area contributed by atoms with Crippen LogP contribution >= 0.6 is 0 Å². The highest BCUT2D eigenvalue weighted by Gasteiger charge is 2.05. The molecule has 0 saturated carbocycles. The Morgan fingerprint density at radius 3 is 2.75 bits per heavy atom. The maximum Gasteiger partial charge on any atom is 0.319 e. The molecule has 82 valence electrons. The molecule has 0 spiro atoms. The summed E-state index contributed by atoms with van der Waals surface area (Å²) in [6, 6.07) is 5.25. The lowest BCUT2D eigenvalue weighted by molar-refractivity contribution is 0.259. The van der Waals surface area contributed by atoms with Gasteiger partial charge in [-0.1, -0.05) is 12.1 Å². The van der Waals surface area contributed by atoms with Crippen molar-refractivity contribution in [1.29, 1.82) is 0 Å². The SMILES string of the molecule is Cc1ccc2c(C)nc(NC(N)=O)nc2c1. The number of aromatic nitrogens is 2. The number of nitrogens with two attached hydrogens (primary N) is 1. The number of anilines is 1. The Morgan fingerprint density at radius 2 is 2.06 bits per heavy atom. The van der Waals surface area contributed by atoms with Crippen molar-refractivity contribution in [3.8, 4) is 0 Å². The van der Waals surface area contributed by atoms with E-state index in [1.165, 1.54) is 0 Å². The molecule has 0 fully saturated rings. The quantitative estimate of drug-likeness (QED) is 0.761. The van der Waals surface area contributed by atoms with Crippen LogP contribution in [0.15, 0.2) is 18.2 Å². The van der Waals surface area contributed by atoms with E-state index in [4.69, 9.17) is 5.73 Å². The molecular weight excluding hydrogens is 204 g/mol. The number of nitrogens with zero attached hydrogens (tertiary/aromatic N) is 2. The van der Waals surface area contributed by atoms with Crippen molar-refractivity contribution < 1.29 is 4.79 Å². The van der Waals surface area contributed by atoms with Crippen molar-refractivity contribution in [3.63, 3.8) is 0 Å². The van der Waals surface area contributed by atoms with Crippen molar-refractivity contribution >= 4 is 22.9 Å². The van der Waals surface area contributed by atoms with Gasteiger partial charge in [0.1, 0.15) is 0 Å². The van der Waals surface area contributed by atoms with Crippen LogP contribution in [0.5, 0.6) is 0 Å². The zero-order chi connectivity index (χ0) is 11.7. The van der Waals surface area contributed by atoms with Crippen LogP contribution in [0, 0.1) is 13.8 Å². The summed E-state index contributed by atoms with van der Waals surface area (Å²) >= 11 is 0. The fourth-order valence-corrected chi connectivity index (χ4v) is 1.56. The van der Waals surface area contributed by atoms with Gasteiger partial charge < -0.3 is 5.73 Å². The molecule has 0 saturated heterocycles. The van der Waals surface area contributed by atoms with Gasteiger partial charge in [-0.3, -0.25) is 5.32 Å². The zero-order valence-corrected chi connectivity index (χ0v) is 9.11. The summed E-state index contributed by atoms with van der Waals surface area (Å²) in [6.07, 6.45) is 0.